The molecule has 1 aromatic carbocycles. The lowest BCUT2D eigenvalue weighted by Crippen LogP contribution is -3.08. The first kappa shape index (κ1) is 17.8. The average Bonchev–Trinajstić information content (AvgIpc) is 2.85. The molecule has 1 heterocycles. The van der Waals surface area contributed by atoms with E-state index in [1.54, 1.807) is 11.3 Å². The molecule has 2 rings (SSSR count). The van der Waals surface area contributed by atoms with Crippen LogP contribution in [0.1, 0.15) is 4.88 Å². The van der Waals surface area contributed by atoms with Gasteiger partial charge in [0.1, 0.15) is 12.3 Å². The number of carbonyl (C=O) groups excluding carboxylic acids is 1. The lowest BCUT2D eigenvalue weighted by molar-refractivity contribution is -0.884. The Morgan fingerprint density at radius 2 is 2.00 bits per heavy atom. The molecule has 8 heteroatoms. The summed E-state index contributed by atoms with van der Waals surface area (Å²) in [5, 5.41) is 2.74. The Hall–Kier alpha value is -1.51. The van der Waals surface area contributed by atoms with E-state index in [2.05, 4.69) is 26.0 Å². The molecule has 1 unspecified atom stereocenters. The zero-order chi connectivity index (χ0) is 16.8. The summed E-state index contributed by atoms with van der Waals surface area (Å²) >= 11 is 5.05. The van der Waals surface area contributed by atoms with Gasteiger partial charge in [0.05, 0.1) is 15.7 Å². The van der Waals surface area contributed by atoms with E-state index in [1.807, 2.05) is 19.2 Å². The largest absolute Gasteiger partial charge is 0.435 e. The zero-order valence-electron chi connectivity index (χ0n) is 12.3. The van der Waals surface area contributed by atoms with Gasteiger partial charge in [-0.05, 0) is 52.3 Å². The second-order valence-electron chi connectivity index (χ2n) is 4.97. The van der Waals surface area contributed by atoms with Crippen molar-refractivity contribution in [1.82, 2.24) is 0 Å². The van der Waals surface area contributed by atoms with E-state index in [1.165, 1.54) is 29.1 Å². The molecule has 0 aliphatic rings. The summed E-state index contributed by atoms with van der Waals surface area (Å²) in [7, 11) is 1.94. The van der Waals surface area contributed by atoms with E-state index in [9.17, 15) is 13.6 Å². The Bertz CT molecular complexity index is 649. The average molecular weight is 406 g/mol. The van der Waals surface area contributed by atoms with Crippen LogP contribution in [-0.2, 0) is 11.3 Å². The molecule has 0 bridgehead atoms. The SMILES string of the molecule is C[NH+](CC(=O)Nc1ccc(OC(F)F)cc1)Cc1ccc(Br)s1. The van der Waals surface area contributed by atoms with Gasteiger partial charge in [0.15, 0.2) is 6.54 Å². The predicted molar refractivity (Wildman–Crippen MR) is 89.2 cm³/mol. The number of carbonyl (C=O) groups is 1. The maximum absolute atomic E-state index is 12.1. The molecule has 0 fully saturated rings. The molecule has 1 aromatic heterocycles. The Kier molecular flexibility index (Phi) is 6.49. The molecule has 23 heavy (non-hydrogen) atoms. The second-order valence-corrected chi connectivity index (χ2v) is 7.52. The number of thiophene rings is 1. The number of nitrogens with one attached hydrogen (secondary N) is 2. The summed E-state index contributed by atoms with van der Waals surface area (Å²) in [6.45, 7) is -1.79. The van der Waals surface area contributed by atoms with Crippen LogP contribution in [0.4, 0.5) is 14.5 Å². The lowest BCUT2D eigenvalue weighted by atomic mass is 10.3. The van der Waals surface area contributed by atoms with Gasteiger partial charge in [0.2, 0.25) is 0 Å². The molecule has 0 spiro atoms. The number of likely N-dealkylation sites (N-methyl/N-ethyl adjacent to an activating group) is 1. The standard InChI is InChI=1S/C15H15BrF2N2O2S/c1-20(8-12-6-7-13(16)23-12)9-14(21)19-10-2-4-11(5-3-10)22-15(17)18/h2-7,15H,8-9H2,1H3,(H,19,21)/p+1. The third-order valence-corrected chi connectivity index (χ3v) is 4.55. The van der Waals surface area contributed by atoms with Crippen molar-refractivity contribution in [3.05, 3.63) is 45.1 Å². The van der Waals surface area contributed by atoms with Gasteiger partial charge in [0, 0.05) is 5.69 Å². The Morgan fingerprint density at radius 3 is 2.57 bits per heavy atom. The van der Waals surface area contributed by atoms with Crippen LogP contribution in [-0.4, -0.2) is 26.1 Å². The number of rotatable bonds is 7. The van der Waals surface area contributed by atoms with Crippen molar-refractivity contribution in [2.45, 2.75) is 13.2 Å². The maximum Gasteiger partial charge on any atom is 0.387 e. The Labute approximate surface area is 145 Å². The number of benzene rings is 1. The zero-order valence-corrected chi connectivity index (χ0v) is 14.7. The van der Waals surface area contributed by atoms with Gasteiger partial charge in [0.25, 0.3) is 5.91 Å². The fraction of sp³-hybridized carbons (Fsp3) is 0.267. The monoisotopic (exact) mass is 405 g/mol. The van der Waals surface area contributed by atoms with Gasteiger partial charge >= 0.3 is 6.61 Å². The van der Waals surface area contributed by atoms with Crippen molar-refractivity contribution in [2.75, 3.05) is 18.9 Å². The van der Waals surface area contributed by atoms with Gasteiger partial charge in [-0.2, -0.15) is 8.78 Å². The molecule has 4 nitrogen and oxygen atoms in total. The van der Waals surface area contributed by atoms with Gasteiger partial charge in [-0.15, -0.1) is 11.3 Å². The molecular weight excluding hydrogens is 390 g/mol. The number of alkyl halides is 2. The third kappa shape index (κ3) is 6.25. The summed E-state index contributed by atoms with van der Waals surface area (Å²) in [4.78, 5) is 14.2. The number of anilines is 1. The molecule has 0 saturated carbocycles. The fourth-order valence-electron chi connectivity index (χ4n) is 2.01. The highest BCUT2D eigenvalue weighted by Crippen LogP contribution is 2.21. The number of hydrogen-bond acceptors (Lipinski definition) is 3. The summed E-state index contributed by atoms with van der Waals surface area (Å²) in [6.07, 6.45) is 0. The molecule has 2 N–H and O–H groups in total. The third-order valence-electron chi connectivity index (χ3n) is 2.93. The second kappa shape index (κ2) is 8.37. The molecule has 0 radical (unpaired) electrons. The molecule has 0 aliphatic carbocycles. The molecule has 0 saturated heterocycles. The van der Waals surface area contributed by atoms with E-state index in [-0.39, 0.29) is 11.7 Å². The molecule has 0 aliphatic heterocycles. The number of quaternary nitrogens is 1. The van der Waals surface area contributed by atoms with E-state index in [4.69, 9.17) is 0 Å². The van der Waals surface area contributed by atoms with E-state index >= 15 is 0 Å². The van der Waals surface area contributed by atoms with Gasteiger partial charge in [-0.1, -0.05) is 0 Å². The number of halogens is 3. The van der Waals surface area contributed by atoms with Crippen LogP contribution < -0.4 is 15.0 Å². The normalized spacial score (nSPS) is 12.2. The van der Waals surface area contributed by atoms with Gasteiger partial charge in [-0.3, -0.25) is 4.79 Å². The minimum Gasteiger partial charge on any atom is -0.435 e. The highest BCUT2D eigenvalue weighted by Gasteiger charge is 2.12. The Balaban J connectivity index is 1.81. The van der Waals surface area contributed by atoms with Crippen molar-refractivity contribution in [2.24, 2.45) is 0 Å². The molecular formula is C15H16BrF2N2O2S+. The summed E-state index contributed by atoms with van der Waals surface area (Å²) in [5.41, 5.74) is 0.545. The van der Waals surface area contributed by atoms with E-state index in [0.717, 1.165) is 15.2 Å². The minimum atomic E-state index is -2.86. The topological polar surface area (TPSA) is 42.8 Å². The van der Waals surface area contributed by atoms with Gasteiger partial charge in [-0.25, -0.2) is 0 Å². The maximum atomic E-state index is 12.1. The Morgan fingerprint density at radius 1 is 1.30 bits per heavy atom. The smallest absolute Gasteiger partial charge is 0.387 e. The molecule has 2 aromatic rings. The van der Waals surface area contributed by atoms with Crippen LogP contribution in [0, 0.1) is 0 Å². The van der Waals surface area contributed by atoms with Crippen molar-refractivity contribution in [3.63, 3.8) is 0 Å². The van der Waals surface area contributed by atoms with Crippen LogP contribution in [0.3, 0.4) is 0 Å². The molecule has 1 amide bonds. The van der Waals surface area contributed by atoms with Gasteiger partial charge < -0.3 is 15.0 Å². The van der Waals surface area contributed by atoms with Crippen LogP contribution in [0.25, 0.3) is 0 Å². The summed E-state index contributed by atoms with van der Waals surface area (Å²) < 4.78 is 29.4. The lowest BCUT2D eigenvalue weighted by Gasteiger charge is -2.13. The first-order chi connectivity index (χ1) is 10.9. The highest BCUT2D eigenvalue weighted by atomic mass is 79.9. The van der Waals surface area contributed by atoms with Crippen molar-refractivity contribution in [3.8, 4) is 5.75 Å². The van der Waals surface area contributed by atoms with Crippen molar-refractivity contribution < 1.29 is 23.2 Å². The van der Waals surface area contributed by atoms with E-state index < -0.39 is 6.61 Å². The van der Waals surface area contributed by atoms with Crippen LogP contribution in [0.15, 0.2) is 40.2 Å². The minimum absolute atomic E-state index is 0.0593. The summed E-state index contributed by atoms with van der Waals surface area (Å²) in [6, 6.07) is 9.85. The fourth-order valence-corrected chi connectivity index (χ4v) is 3.60. The van der Waals surface area contributed by atoms with Crippen molar-refractivity contribution >= 4 is 38.9 Å². The first-order valence-electron chi connectivity index (χ1n) is 6.82. The van der Waals surface area contributed by atoms with E-state index in [0.29, 0.717) is 12.2 Å². The van der Waals surface area contributed by atoms with Crippen LogP contribution >= 0.6 is 27.3 Å². The first-order valence-corrected chi connectivity index (χ1v) is 8.43. The number of ether oxygens (including phenoxy) is 1. The summed E-state index contributed by atoms with van der Waals surface area (Å²) in [5.74, 6) is -0.0790. The van der Waals surface area contributed by atoms with Crippen molar-refractivity contribution in [1.29, 1.82) is 0 Å². The molecule has 1 atom stereocenters. The number of hydrogen-bond donors (Lipinski definition) is 2. The molecule has 124 valence electrons. The quantitative estimate of drug-likeness (QED) is 0.743. The highest BCUT2D eigenvalue weighted by molar-refractivity contribution is 9.11. The van der Waals surface area contributed by atoms with Crippen LogP contribution in [0.2, 0.25) is 0 Å². The van der Waals surface area contributed by atoms with Crippen LogP contribution in [0.5, 0.6) is 5.75 Å². The predicted octanol–water partition coefficient (Wildman–Crippen LogP) is 2.77. The number of amides is 1.